The Balaban J connectivity index is 1.31. The molecule has 1 aromatic carbocycles. The molecule has 1 aromatic rings. The highest BCUT2D eigenvalue weighted by Crippen LogP contribution is 2.30. The van der Waals surface area contributed by atoms with Gasteiger partial charge in [0.1, 0.15) is 0 Å². The number of anilines is 1. The number of hydrogen-bond donors (Lipinski definition) is 0. The van der Waals surface area contributed by atoms with Crippen molar-refractivity contribution in [2.45, 2.75) is 38.1 Å². The minimum absolute atomic E-state index is 0.0790. The van der Waals surface area contributed by atoms with Gasteiger partial charge >= 0.3 is 0 Å². The van der Waals surface area contributed by atoms with E-state index in [-0.39, 0.29) is 23.4 Å². The molecule has 150 valence electrons. The molecule has 1 saturated carbocycles. The minimum atomic E-state index is -0.405. The van der Waals surface area contributed by atoms with Crippen LogP contribution in [0, 0.1) is 16.0 Å². The molecule has 1 atom stereocenters. The Morgan fingerprint density at radius 1 is 1.04 bits per heavy atom. The van der Waals surface area contributed by atoms with Crippen LogP contribution in [-0.2, 0) is 9.59 Å². The second-order valence-corrected chi connectivity index (χ2v) is 7.97. The summed E-state index contributed by atoms with van der Waals surface area (Å²) in [5, 5.41) is 10.8. The Hall–Kier alpha value is -2.64. The van der Waals surface area contributed by atoms with Gasteiger partial charge in [0.25, 0.3) is 5.69 Å². The Bertz CT molecular complexity index is 752. The zero-order chi connectivity index (χ0) is 19.7. The number of carbonyl (C=O) groups is 2. The summed E-state index contributed by atoms with van der Waals surface area (Å²) in [7, 11) is 0. The molecule has 0 N–H and O–H groups in total. The molecule has 28 heavy (non-hydrogen) atoms. The maximum atomic E-state index is 12.9. The summed E-state index contributed by atoms with van der Waals surface area (Å²) in [6, 6.07) is 6.86. The van der Waals surface area contributed by atoms with Gasteiger partial charge in [-0.1, -0.05) is 12.8 Å². The number of rotatable bonds is 4. The van der Waals surface area contributed by atoms with Crippen molar-refractivity contribution in [3.63, 3.8) is 0 Å². The van der Waals surface area contributed by atoms with Gasteiger partial charge in [-0.2, -0.15) is 0 Å². The van der Waals surface area contributed by atoms with Crippen molar-refractivity contribution >= 4 is 23.2 Å². The van der Waals surface area contributed by atoms with Crippen molar-refractivity contribution in [1.29, 1.82) is 0 Å². The number of nitro groups is 1. The number of nitro benzene ring substituents is 1. The zero-order valence-corrected chi connectivity index (χ0v) is 16.0. The topological polar surface area (TPSA) is 87.0 Å². The highest BCUT2D eigenvalue weighted by atomic mass is 16.6. The first-order valence-corrected chi connectivity index (χ1v) is 10.1. The molecular weight excluding hydrogens is 360 g/mol. The van der Waals surface area contributed by atoms with Gasteiger partial charge in [-0.25, -0.2) is 0 Å². The Morgan fingerprint density at radius 2 is 1.68 bits per heavy atom. The normalized spacial score (nSPS) is 23.5. The molecule has 0 unspecified atom stereocenters. The van der Waals surface area contributed by atoms with E-state index < -0.39 is 4.92 Å². The van der Waals surface area contributed by atoms with E-state index in [9.17, 15) is 19.7 Å². The van der Waals surface area contributed by atoms with Crippen molar-refractivity contribution < 1.29 is 14.5 Å². The van der Waals surface area contributed by atoms with E-state index in [0.717, 1.165) is 18.5 Å². The highest BCUT2D eigenvalue weighted by molar-refractivity contribution is 5.89. The summed E-state index contributed by atoms with van der Waals surface area (Å²) in [6.45, 7) is 3.19. The van der Waals surface area contributed by atoms with Crippen LogP contribution >= 0.6 is 0 Å². The minimum Gasteiger partial charge on any atom is -0.368 e. The molecule has 2 saturated heterocycles. The van der Waals surface area contributed by atoms with Crippen LogP contribution in [0.1, 0.15) is 32.1 Å². The van der Waals surface area contributed by atoms with Gasteiger partial charge in [-0.3, -0.25) is 19.7 Å². The molecule has 3 fully saturated rings. The average molecular weight is 386 g/mol. The van der Waals surface area contributed by atoms with Gasteiger partial charge in [0.05, 0.1) is 10.8 Å². The van der Waals surface area contributed by atoms with Gasteiger partial charge in [0.2, 0.25) is 11.8 Å². The lowest BCUT2D eigenvalue weighted by atomic mass is 10.1. The first kappa shape index (κ1) is 18.7. The zero-order valence-electron chi connectivity index (χ0n) is 16.0. The van der Waals surface area contributed by atoms with Crippen LogP contribution in [0.25, 0.3) is 0 Å². The predicted octanol–water partition coefficient (Wildman–Crippen LogP) is 2.03. The van der Waals surface area contributed by atoms with Gasteiger partial charge in [-0.05, 0) is 25.0 Å². The maximum absolute atomic E-state index is 12.9. The van der Waals surface area contributed by atoms with Crippen molar-refractivity contribution in [3.05, 3.63) is 34.4 Å². The van der Waals surface area contributed by atoms with Crippen LogP contribution in [0.3, 0.4) is 0 Å². The lowest BCUT2D eigenvalue weighted by molar-refractivity contribution is -0.384. The first-order valence-electron chi connectivity index (χ1n) is 10.1. The van der Waals surface area contributed by atoms with E-state index in [1.54, 1.807) is 12.1 Å². The summed E-state index contributed by atoms with van der Waals surface area (Å²) in [5.74, 6) is 0.0194. The fraction of sp³-hybridized carbons (Fsp3) is 0.600. The molecule has 0 bridgehead atoms. The SMILES string of the molecule is O=C([C@@H]1CC(=O)N(C2CCCC2)C1)N1CCN(c2ccc([N+](=O)[O-])cc2)CC1. The Kier molecular flexibility index (Phi) is 5.19. The number of carbonyl (C=O) groups excluding carboxylic acids is 2. The number of benzene rings is 1. The Morgan fingerprint density at radius 3 is 2.29 bits per heavy atom. The number of likely N-dealkylation sites (tertiary alicyclic amines) is 1. The fourth-order valence-electron chi connectivity index (χ4n) is 4.69. The summed E-state index contributed by atoms with van der Waals surface area (Å²) in [6.07, 6.45) is 4.84. The predicted molar refractivity (Wildman–Crippen MR) is 104 cm³/mol. The van der Waals surface area contributed by atoms with Gasteiger partial charge in [0, 0.05) is 63.0 Å². The van der Waals surface area contributed by atoms with Crippen molar-refractivity contribution in [2.75, 3.05) is 37.6 Å². The van der Waals surface area contributed by atoms with Gasteiger partial charge in [0.15, 0.2) is 0 Å². The third-order valence-electron chi connectivity index (χ3n) is 6.29. The summed E-state index contributed by atoms with van der Waals surface area (Å²) in [5.41, 5.74) is 1.01. The van der Waals surface area contributed by atoms with Crippen LogP contribution in [0.5, 0.6) is 0 Å². The second-order valence-electron chi connectivity index (χ2n) is 7.97. The molecule has 0 radical (unpaired) electrons. The quantitative estimate of drug-likeness (QED) is 0.584. The van der Waals surface area contributed by atoms with Crippen LogP contribution in [0.15, 0.2) is 24.3 Å². The molecule has 2 heterocycles. The molecule has 2 amide bonds. The second kappa shape index (κ2) is 7.77. The molecule has 3 aliphatic rings. The number of amides is 2. The molecule has 1 aliphatic carbocycles. The fourth-order valence-corrected chi connectivity index (χ4v) is 4.69. The third-order valence-corrected chi connectivity index (χ3v) is 6.29. The van der Waals surface area contributed by atoms with Gasteiger partial charge in [-0.15, -0.1) is 0 Å². The largest absolute Gasteiger partial charge is 0.368 e. The van der Waals surface area contributed by atoms with Gasteiger partial charge < -0.3 is 14.7 Å². The summed E-state index contributed by atoms with van der Waals surface area (Å²) in [4.78, 5) is 41.6. The highest BCUT2D eigenvalue weighted by Gasteiger charge is 2.40. The molecule has 0 spiro atoms. The number of non-ortho nitro benzene ring substituents is 1. The standard InChI is InChI=1S/C20H26N4O4/c25-19-13-15(14-23(19)17-3-1-2-4-17)20(26)22-11-9-21(10-12-22)16-5-7-18(8-6-16)24(27)28/h5-8,15,17H,1-4,9-14H2/t15-/m1/s1. The van der Waals surface area contributed by atoms with Crippen LogP contribution < -0.4 is 4.90 Å². The van der Waals surface area contributed by atoms with Crippen LogP contribution in [0.4, 0.5) is 11.4 Å². The molecular formula is C20H26N4O4. The van der Waals surface area contributed by atoms with Crippen LogP contribution in [0.2, 0.25) is 0 Å². The van der Waals surface area contributed by atoms with E-state index in [4.69, 9.17) is 0 Å². The van der Waals surface area contributed by atoms with E-state index in [2.05, 4.69) is 4.90 Å². The molecule has 8 nitrogen and oxygen atoms in total. The van der Waals surface area contributed by atoms with E-state index >= 15 is 0 Å². The van der Waals surface area contributed by atoms with E-state index in [1.807, 2.05) is 9.80 Å². The molecule has 0 aromatic heterocycles. The smallest absolute Gasteiger partial charge is 0.269 e. The number of piperazine rings is 1. The van der Waals surface area contributed by atoms with Crippen molar-refractivity contribution in [3.8, 4) is 0 Å². The number of nitrogens with zero attached hydrogens (tertiary/aromatic N) is 4. The maximum Gasteiger partial charge on any atom is 0.269 e. The van der Waals surface area contributed by atoms with Crippen molar-refractivity contribution in [2.24, 2.45) is 5.92 Å². The third kappa shape index (κ3) is 3.68. The monoisotopic (exact) mass is 386 g/mol. The summed E-state index contributed by atoms with van der Waals surface area (Å²) >= 11 is 0. The molecule has 8 heteroatoms. The Labute approximate surface area is 164 Å². The van der Waals surface area contributed by atoms with E-state index in [1.165, 1.54) is 25.0 Å². The molecule has 2 aliphatic heterocycles. The van der Waals surface area contributed by atoms with E-state index in [0.29, 0.717) is 45.2 Å². The summed E-state index contributed by atoms with van der Waals surface area (Å²) < 4.78 is 0. The molecule has 4 rings (SSSR count). The first-order chi connectivity index (χ1) is 13.5. The average Bonchev–Trinajstić information content (AvgIpc) is 3.37. The van der Waals surface area contributed by atoms with Crippen LogP contribution in [-0.4, -0.2) is 65.3 Å². The number of hydrogen-bond acceptors (Lipinski definition) is 5. The lowest BCUT2D eigenvalue weighted by Gasteiger charge is -2.37. The van der Waals surface area contributed by atoms with Crippen molar-refractivity contribution in [1.82, 2.24) is 9.80 Å². The lowest BCUT2D eigenvalue weighted by Crippen LogP contribution is -2.50.